The summed E-state index contributed by atoms with van der Waals surface area (Å²) in [6, 6.07) is 10.7. The quantitative estimate of drug-likeness (QED) is 0.881. The minimum Gasteiger partial charge on any atom is -0.494 e. The summed E-state index contributed by atoms with van der Waals surface area (Å²) in [7, 11) is 3.26. The van der Waals surface area contributed by atoms with Gasteiger partial charge in [0.2, 0.25) is 5.91 Å². The average Bonchev–Trinajstić information content (AvgIpc) is 2.51. The molecule has 0 aliphatic heterocycles. The van der Waals surface area contributed by atoms with E-state index in [4.69, 9.17) is 4.74 Å². The van der Waals surface area contributed by atoms with E-state index in [1.807, 2.05) is 44.0 Å². The smallest absolute Gasteiger partial charge is 0.238 e. The van der Waals surface area contributed by atoms with Gasteiger partial charge < -0.3 is 10.1 Å². The van der Waals surface area contributed by atoms with Gasteiger partial charge in [-0.15, -0.1) is 0 Å². The van der Waals surface area contributed by atoms with Crippen LogP contribution in [-0.2, 0) is 11.3 Å². The molecule has 24 heavy (non-hydrogen) atoms. The van der Waals surface area contributed by atoms with Gasteiger partial charge in [0.1, 0.15) is 0 Å². The number of likely N-dealkylation sites (N-methyl/N-ethyl adjacent to an activating group) is 1. The first-order chi connectivity index (χ1) is 11.4. The summed E-state index contributed by atoms with van der Waals surface area (Å²) in [6.45, 7) is 4.63. The van der Waals surface area contributed by atoms with E-state index >= 15 is 0 Å². The number of benzene rings is 2. The Morgan fingerprint density at radius 3 is 2.46 bits per heavy atom. The minimum absolute atomic E-state index is 0.0936. The Bertz CT molecular complexity index is 711. The summed E-state index contributed by atoms with van der Waals surface area (Å²) in [5.74, 6) is -0.276. The zero-order valence-corrected chi connectivity index (χ0v) is 14.5. The highest BCUT2D eigenvalue weighted by molar-refractivity contribution is 5.93. The second kappa shape index (κ2) is 7.93. The largest absolute Gasteiger partial charge is 0.494 e. The molecule has 1 N–H and O–H groups in total. The molecule has 4 nitrogen and oxygen atoms in total. The molecule has 0 fully saturated rings. The lowest BCUT2D eigenvalue weighted by molar-refractivity contribution is -0.117. The SMILES string of the molecule is COc1ccc(CN(C)CC(=O)Nc2c(C)cccc2C)cc1F. The molecule has 2 rings (SSSR count). The third-order valence-electron chi connectivity index (χ3n) is 3.83. The summed E-state index contributed by atoms with van der Waals surface area (Å²) in [5.41, 5.74) is 3.70. The first-order valence-electron chi connectivity index (χ1n) is 7.77. The molecule has 0 aromatic heterocycles. The first-order valence-corrected chi connectivity index (χ1v) is 7.77. The van der Waals surface area contributed by atoms with E-state index in [0.717, 1.165) is 22.4 Å². The Hall–Kier alpha value is -2.40. The van der Waals surface area contributed by atoms with Crippen LogP contribution in [-0.4, -0.2) is 31.5 Å². The number of carbonyl (C=O) groups is 1. The number of nitrogens with one attached hydrogen (secondary N) is 1. The van der Waals surface area contributed by atoms with Gasteiger partial charge in [-0.2, -0.15) is 0 Å². The van der Waals surface area contributed by atoms with Crippen LogP contribution in [0.2, 0.25) is 0 Å². The highest BCUT2D eigenvalue weighted by atomic mass is 19.1. The number of methoxy groups -OCH3 is 1. The molecule has 0 aliphatic carbocycles. The summed E-state index contributed by atoms with van der Waals surface area (Å²) < 4.78 is 18.6. The van der Waals surface area contributed by atoms with Crippen LogP contribution >= 0.6 is 0 Å². The fourth-order valence-electron chi connectivity index (χ4n) is 2.61. The van der Waals surface area contributed by atoms with Crippen LogP contribution in [0.5, 0.6) is 5.75 Å². The molecule has 0 saturated heterocycles. The number of carbonyl (C=O) groups excluding carboxylic acids is 1. The van der Waals surface area contributed by atoms with E-state index < -0.39 is 5.82 Å². The van der Waals surface area contributed by atoms with Crippen LogP contribution in [0.15, 0.2) is 36.4 Å². The summed E-state index contributed by atoms with van der Waals surface area (Å²) >= 11 is 0. The summed E-state index contributed by atoms with van der Waals surface area (Å²) in [5, 5.41) is 2.95. The van der Waals surface area contributed by atoms with Crippen molar-refractivity contribution in [3.8, 4) is 5.75 Å². The number of nitrogens with zero attached hydrogens (tertiary/aromatic N) is 1. The van der Waals surface area contributed by atoms with Gasteiger partial charge in [-0.25, -0.2) is 4.39 Å². The predicted molar refractivity (Wildman–Crippen MR) is 93.8 cm³/mol. The average molecular weight is 330 g/mol. The molecule has 0 unspecified atom stereocenters. The molecule has 0 bridgehead atoms. The van der Waals surface area contributed by atoms with Crippen molar-refractivity contribution < 1.29 is 13.9 Å². The molecule has 2 aromatic rings. The Morgan fingerprint density at radius 1 is 1.21 bits per heavy atom. The monoisotopic (exact) mass is 330 g/mol. The van der Waals surface area contributed by atoms with E-state index in [1.165, 1.54) is 13.2 Å². The van der Waals surface area contributed by atoms with E-state index in [0.29, 0.717) is 6.54 Å². The number of amides is 1. The third kappa shape index (κ3) is 4.55. The fraction of sp³-hybridized carbons (Fsp3) is 0.316. The Labute approximate surface area is 142 Å². The number of anilines is 1. The van der Waals surface area contributed by atoms with E-state index in [1.54, 1.807) is 12.1 Å². The van der Waals surface area contributed by atoms with Gasteiger partial charge in [0.05, 0.1) is 13.7 Å². The van der Waals surface area contributed by atoms with Gasteiger partial charge in [0.25, 0.3) is 0 Å². The van der Waals surface area contributed by atoms with Crippen molar-refractivity contribution in [3.63, 3.8) is 0 Å². The van der Waals surface area contributed by atoms with E-state index in [2.05, 4.69) is 5.32 Å². The van der Waals surface area contributed by atoms with Gasteiger partial charge in [0, 0.05) is 12.2 Å². The van der Waals surface area contributed by atoms with Crippen LogP contribution in [0.3, 0.4) is 0 Å². The fourth-order valence-corrected chi connectivity index (χ4v) is 2.61. The number of hydrogen-bond acceptors (Lipinski definition) is 3. The molecular weight excluding hydrogens is 307 g/mol. The topological polar surface area (TPSA) is 41.6 Å². The minimum atomic E-state index is -0.400. The number of rotatable bonds is 6. The van der Waals surface area contributed by atoms with Crippen LogP contribution in [0.25, 0.3) is 0 Å². The zero-order valence-electron chi connectivity index (χ0n) is 14.5. The van der Waals surface area contributed by atoms with Crippen LogP contribution in [0.4, 0.5) is 10.1 Å². The normalized spacial score (nSPS) is 10.8. The predicted octanol–water partition coefficient (Wildman–Crippen LogP) is 3.52. The van der Waals surface area contributed by atoms with Gasteiger partial charge >= 0.3 is 0 Å². The van der Waals surface area contributed by atoms with Gasteiger partial charge in [-0.1, -0.05) is 24.3 Å². The summed E-state index contributed by atoms with van der Waals surface area (Å²) in [4.78, 5) is 14.1. The lowest BCUT2D eigenvalue weighted by Crippen LogP contribution is -2.30. The number of para-hydroxylation sites is 1. The molecule has 5 heteroatoms. The lowest BCUT2D eigenvalue weighted by Gasteiger charge is -2.18. The molecular formula is C19H23FN2O2. The molecule has 0 heterocycles. The highest BCUT2D eigenvalue weighted by Crippen LogP contribution is 2.20. The highest BCUT2D eigenvalue weighted by Gasteiger charge is 2.11. The zero-order chi connectivity index (χ0) is 17.7. The van der Waals surface area contributed by atoms with Crippen molar-refractivity contribution in [1.82, 2.24) is 4.90 Å². The van der Waals surface area contributed by atoms with Gasteiger partial charge in [-0.05, 0) is 49.7 Å². The maximum Gasteiger partial charge on any atom is 0.238 e. The second-order valence-electron chi connectivity index (χ2n) is 5.96. The van der Waals surface area contributed by atoms with E-state index in [-0.39, 0.29) is 18.2 Å². The first kappa shape index (κ1) is 17.9. The number of ether oxygens (including phenoxy) is 1. The van der Waals surface area contributed by atoms with Crippen molar-refractivity contribution in [3.05, 3.63) is 58.9 Å². The molecule has 0 atom stereocenters. The van der Waals surface area contributed by atoms with Crippen molar-refractivity contribution in [2.75, 3.05) is 26.0 Å². The Kier molecular flexibility index (Phi) is 5.93. The van der Waals surface area contributed by atoms with Gasteiger partial charge in [-0.3, -0.25) is 9.69 Å². The van der Waals surface area contributed by atoms with Crippen molar-refractivity contribution >= 4 is 11.6 Å². The molecule has 0 spiro atoms. The molecule has 1 amide bonds. The standard InChI is InChI=1S/C19H23FN2O2/c1-13-6-5-7-14(2)19(13)21-18(23)12-22(3)11-15-8-9-17(24-4)16(20)10-15/h5-10H,11-12H2,1-4H3,(H,21,23). The number of halogens is 1. The molecule has 0 aliphatic rings. The molecule has 0 saturated carbocycles. The lowest BCUT2D eigenvalue weighted by atomic mass is 10.1. The third-order valence-corrected chi connectivity index (χ3v) is 3.83. The number of aryl methyl sites for hydroxylation is 2. The number of hydrogen-bond donors (Lipinski definition) is 1. The second-order valence-corrected chi connectivity index (χ2v) is 5.96. The van der Waals surface area contributed by atoms with Crippen molar-refractivity contribution in [2.24, 2.45) is 0 Å². The maximum atomic E-state index is 13.7. The van der Waals surface area contributed by atoms with E-state index in [9.17, 15) is 9.18 Å². The van der Waals surface area contributed by atoms with Crippen LogP contribution in [0.1, 0.15) is 16.7 Å². The van der Waals surface area contributed by atoms with Crippen LogP contribution < -0.4 is 10.1 Å². The van der Waals surface area contributed by atoms with Crippen molar-refractivity contribution in [2.45, 2.75) is 20.4 Å². The van der Waals surface area contributed by atoms with Gasteiger partial charge in [0.15, 0.2) is 11.6 Å². The summed E-state index contributed by atoms with van der Waals surface area (Å²) in [6.07, 6.45) is 0. The Balaban J connectivity index is 1.95. The van der Waals surface area contributed by atoms with Crippen molar-refractivity contribution in [1.29, 1.82) is 0 Å². The maximum absolute atomic E-state index is 13.7. The molecule has 2 aromatic carbocycles. The van der Waals surface area contributed by atoms with Crippen LogP contribution in [0, 0.1) is 19.7 Å². The molecule has 128 valence electrons. The Morgan fingerprint density at radius 2 is 1.88 bits per heavy atom. The molecule has 0 radical (unpaired) electrons.